The van der Waals surface area contributed by atoms with E-state index in [-0.39, 0.29) is 0 Å². The van der Waals surface area contributed by atoms with E-state index in [1.165, 1.54) is 0 Å². The van der Waals surface area contributed by atoms with Crippen LogP contribution < -0.4 is 17.5 Å². The van der Waals surface area contributed by atoms with Gasteiger partial charge >= 0.3 is 41.3 Å². The molecule has 0 bridgehead atoms. The molecule has 0 aromatic rings. The van der Waals surface area contributed by atoms with Crippen LogP contribution in [-0.4, -0.2) is 0 Å². The predicted molar refractivity (Wildman–Crippen MR) is 22.6 cm³/mol. The van der Waals surface area contributed by atoms with E-state index in [2.05, 4.69) is 0 Å². The molecule has 0 unspecified atom stereocenters. The van der Waals surface area contributed by atoms with E-state index in [9.17, 15) is 0 Å². The van der Waals surface area contributed by atoms with Crippen molar-refractivity contribution in [3.8, 4) is 0 Å². The predicted octanol–water partition coefficient (Wildman–Crippen LogP) is -1.68. The van der Waals surface area contributed by atoms with Crippen LogP contribution in [0.4, 0.5) is 0 Å². The van der Waals surface area contributed by atoms with Crippen LogP contribution in [0.3, 0.4) is 0 Å². The molecular weight excluding hydrogens is 198 g/mol. The van der Waals surface area contributed by atoms with Gasteiger partial charge in [-0.15, -0.1) is 0 Å². The Bertz CT molecular complexity index is 40.7. The third-order valence-corrected chi connectivity index (χ3v) is 0. The molecule has 0 fully saturated rings. The zero-order valence-corrected chi connectivity index (χ0v) is 5.31. The molecular formula is H8ClN4Pd. The number of nitrogens with two attached hydrogens (primary N) is 4. The van der Waals surface area contributed by atoms with Crippen LogP contribution in [0, 0.1) is 0 Å². The average molecular weight is 206 g/mol. The van der Waals surface area contributed by atoms with Crippen molar-refractivity contribution in [1.29, 1.82) is 0 Å². The summed E-state index contributed by atoms with van der Waals surface area (Å²) in [6.07, 6.45) is 0. The molecule has 0 atom stereocenters. The fourth-order valence-corrected chi connectivity index (χ4v) is 0. The molecule has 0 saturated heterocycles. The van der Waals surface area contributed by atoms with Crippen LogP contribution >= 0.6 is 9.53 Å². The quantitative estimate of drug-likeness (QED) is 0.355. The monoisotopic (exact) mass is 205 g/mol. The van der Waals surface area contributed by atoms with Gasteiger partial charge in [-0.1, -0.05) is 0 Å². The van der Waals surface area contributed by atoms with Gasteiger partial charge < -0.3 is 0 Å². The van der Waals surface area contributed by atoms with E-state index in [1.54, 1.807) is 0 Å². The van der Waals surface area contributed by atoms with Crippen molar-refractivity contribution < 1.29 is 14.3 Å². The number of hydrogen-bond donors (Lipinski definition) is 4. The summed E-state index contributed by atoms with van der Waals surface area (Å²) in [5.41, 5.74) is 0. The fraction of sp³-hybridized carbons (Fsp3) is 0. The van der Waals surface area contributed by atoms with Crippen LogP contribution in [0.5, 0.6) is 0 Å². The van der Waals surface area contributed by atoms with Crippen LogP contribution in [0.1, 0.15) is 0 Å². The van der Waals surface area contributed by atoms with Crippen molar-refractivity contribution in [3.05, 3.63) is 0 Å². The molecule has 0 saturated carbocycles. The van der Waals surface area contributed by atoms with Gasteiger partial charge in [0.05, 0.1) is 0 Å². The normalized spacial score (nSPS) is 19.2. The summed E-state index contributed by atoms with van der Waals surface area (Å²) in [6.45, 7) is 0. The Morgan fingerprint density at radius 2 is 1.00 bits per heavy atom. The van der Waals surface area contributed by atoms with Gasteiger partial charge in [0.2, 0.25) is 0 Å². The van der Waals surface area contributed by atoms with Crippen LogP contribution in [0.25, 0.3) is 0 Å². The zero-order chi connectivity index (χ0) is 5.45. The minimum absolute atomic E-state index is 3.86. The fourth-order valence-electron chi connectivity index (χ4n) is 0. The summed E-state index contributed by atoms with van der Waals surface area (Å²) >= 11 is -3.86. The molecule has 0 aliphatic rings. The third kappa shape index (κ3) is 110. The van der Waals surface area contributed by atoms with Gasteiger partial charge in [0.15, 0.2) is 0 Å². The SMILES string of the molecule is [NH2][Pd]([NH2])([NH2])([NH2])[Cl]. The van der Waals surface area contributed by atoms with Gasteiger partial charge in [0.25, 0.3) is 0 Å². The molecule has 0 aliphatic heterocycles. The Morgan fingerprint density at radius 1 is 1.00 bits per heavy atom. The molecule has 0 rings (SSSR count). The maximum atomic E-state index is 5.06. The molecule has 0 heterocycles. The number of halogens is 1. The molecule has 6 heteroatoms. The first kappa shape index (κ1) is 6.79. The van der Waals surface area contributed by atoms with Gasteiger partial charge in [0.1, 0.15) is 0 Å². The van der Waals surface area contributed by atoms with E-state index in [1.807, 2.05) is 0 Å². The molecule has 6 heavy (non-hydrogen) atoms. The van der Waals surface area contributed by atoms with Gasteiger partial charge in [-0.05, 0) is 0 Å². The summed E-state index contributed by atoms with van der Waals surface area (Å²) in [7, 11) is 5.06. The average Bonchev–Trinajstić information content (AvgIpc) is 0.650. The van der Waals surface area contributed by atoms with Crippen molar-refractivity contribution in [3.63, 3.8) is 0 Å². The molecule has 0 aromatic heterocycles. The standard InChI is InChI=1S/ClH.4H2N.Pd/h1H;4*1H2;/q;4*-1;+5/p-1. The van der Waals surface area contributed by atoms with Crippen molar-refractivity contribution in [1.82, 2.24) is 0 Å². The van der Waals surface area contributed by atoms with Crippen LogP contribution in [-0.2, 0) is 14.3 Å². The Labute approximate surface area is 41.7 Å². The summed E-state index contributed by atoms with van der Waals surface area (Å²) in [5.74, 6) is 0. The minimum atomic E-state index is -3.86. The molecule has 0 radical (unpaired) electrons. The molecule has 8 N–H and O–H groups in total. The Kier molecular flexibility index (Phi) is 1.29. The first-order valence-electron chi connectivity index (χ1n) is 0.850. The maximum absolute atomic E-state index is 5.06. The van der Waals surface area contributed by atoms with Crippen LogP contribution in [0.2, 0.25) is 0 Å². The van der Waals surface area contributed by atoms with Crippen molar-refractivity contribution >= 4 is 9.53 Å². The number of rotatable bonds is 0. The zero-order valence-electron chi connectivity index (χ0n) is 3.00. The summed E-state index contributed by atoms with van der Waals surface area (Å²) in [4.78, 5) is 0. The van der Waals surface area contributed by atoms with E-state index in [4.69, 9.17) is 27.0 Å². The molecule has 4 nitrogen and oxygen atoms in total. The van der Waals surface area contributed by atoms with Gasteiger partial charge in [-0.2, -0.15) is 0 Å². The molecule has 0 spiro atoms. The van der Waals surface area contributed by atoms with Crippen molar-refractivity contribution in [2.45, 2.75) is 0 Å². The molecule has 0 aromatic carbocycles. The van der Waals surface area contributed by atoms with Crippen molar-refractivity contribution in [2.75, 3.05) is 0 Å². The first-order valence-corrected chi connectivity index (χ1v) is 6.44. The van der Waals surface area contributed by atoms with Gasteiger partial charge in [-0.3, -0.25) is 0 Å². The summed E-state index contributed by atoms with van der Waals surface area (Å²) in [5, 5.41) is 0. The summed E-state index contributed by atoms with van der Waals surface area (Å²) < 4.78 is 19.4. The van der Waals surface area contributed by atoms with E-state index in [0.29, 0.717) is 0 Å². The second-order valence-electron chi connectivity index (χ2n) is 0.908. The second-order valence-corrected chi connectivity index (χ2v) is 8.64. The Hall–Kier alpha value is 0.792. The number of hydrogen-bond acceptors (Lipinski definition) is 4. The van der Waals surface area contributed by atoms with E-state index < -0.39 is 14.3 Å². The van der Waals surface area contributed by atoms with Gasteiger partial charge in [0, 0.05) is 0 Å². The van der Waals surface area contributed by atoms with E-state index >= 15 is 0 Å². The van der Waals surface area contributed by atoms with Gasteiger partial charge in [-0.25, -0.2) is 0 Å². The van der Waals surface area contributed by atoms with Crippen LogP contribution in [0.15, 0.2) is 0 Å². The third-order valence-electron chi connectivity index (χ3n) is 0. The molecule has 0 amide bonds. The topological polar surface area (TPSA) is 104 Å². The Balaban J connectivity index is 3.73. The second kappa shape index (κ2) is 1.14. The summed E-state index contributed by atoms with van der Waals surface area (Å²) in [6, 6.07) is 0. The first-order chi connectivity index (χ1) is 2.24. The molecule has 0 aliphatic carbocycles. The van der Waals surface area contributed by atoms with Crippen molar-refractivity contribution in [2.24, 2.45) is 17.5 Å². The molecule has 45 valence electrons. The van der Waals surface area contributed by atoms with E-state index in [0.717, 1.165) is 0 Å². The Morgan fingerprint density at radius 3 is 1.00 bits per heavy atom.